The Morgan fingerprint density at radius 2 is 2.31 bits per heavy atom. The van der Waals surface area contributed by atoms with Crippen LogP contribution in [0.2, 0.25) is 0 Å². The van der Waals surface area contributed by atoms with E-state index in [-0.39, 0.29) is 10.8 Å². The third kappa shape index (κ3) is 1.60. The molecule has 0 radical (unpaired) electrons. The standard InChI is InChI=1S/C8H7F2NOS/c9-8(10)6(12)7-5(4-1-2-4)11-3-13-7/h3-4,8H,1-2H2. The number of halogens is 2. The summed E-state index contributed by atoms with van der Waals surface area (Å²) in [6.07, 6.45) is -0.974. The van der Waals surface area contributed by atoms with Crippen molar-refractivity contribution in [3.8, 4) is 0 Å². The van der Waals surface area contributed by atoms with Crippen molar-refractivity contribution in [3.63, 3.8) is 0 Å². The topological polar surface area (TPSA) is 30.0 Å². The zero-order valence-electron chi connectivity index (χ0n) is 6.67. The van der Waals surface area contributed by atoms with E-state index >= 15 is 0 Å². The fourth-order valence-electron chi connectivity index (χ4n) is 1.19. The highest BCUT2D eigenvalue weighted by atomic mass is 32.1. The van der Waals surface area contributed by atoms with Crippen molar-refractivity contribution in [1.29, 1.82) is 0 Å². The molecule has 0 atom stereocenters. The smallest absolute Gasteiger partial charge is 0.287 e. The number of carbonyl (C=O) groups is 1. The maximum Gasteiger partial charge on any atom is 0.301 e. The van der Waals surface area contributed by atoms with Gasteiger partial charge >= 0.3 is 6.43 Å². The van der Waals surface area contributed by atoms with Crippen LogP contribution in [0.5, 0.6) is 0 Å². The number of nitrogens with zero attached hydrogens (tertiary/aromatic N) is 1. The number of rotatable bonds is 3. The average Bonchev–Trinajstić information content (AvgIpc) is 2.83. The van der Waals surface area contributed by atoms with Crippen LogP contribution in [0.4, 0.5) is 8.78 Å². The number of thiazole rings is 1. The lowest BCUT2D eigenvalue weighted by molar-refractivity contribution is 0.0682. The number of alkyl halides is 2. The van der Waals surface area contributed by atoms with Gasteiger partial charge in [0.05, 0.1) is 16.1 Å². The summed E-state index contributed by atoms with van der Waals surface area (Å²) >= 11 is 1.01. The third-order valence-corrected chi connectivity index (χ3v) is 2.84. The van der Waals surface area contributed by atoms with Crippen LogP contribution < -0.4 is 0 Å². The van der Waals surface area contributed by atoms with Crippen LogP contribution in [0.15, 0.2) is 5.51 Å². The molecule has 0 amide bonds. The first-order valence-electron chi connectivity index (χ1n) is 3.96. The van der Waals surface area contributed by atoms with Crippen molar-refractivity contribution in [2.75, 3.05) is 0 Å². The van der Waals surface area contributed by atoms with E-state index in [2.05, 4.69) is 4.98 Å². The molecule has 1 aromatic rings. The maximum absolute atomic E-state index is 12.1. The molecule has 0 saturated heterocycles. The van der Waals surface area contributed by atoms with Crippen LogP contribution in [0.1, 0.15) is 34.1 Å². The largest absolute Gasteiger partial charge is 0.301 e. The van der Waals surface area contributed by atoms with E-state index in [0.29, 0.717) is 5.69 Å². The number of hydrogen-bond donors (Lipinski definition) is 0. The third-order valence-electron chi connectivity index (χ3n) is 1.98. The highest BCUT2D eigenvalue weighted by Crippen LogP contribution is 2.42. The van der Waals surface area contributed by atoms with Crippen molar-refractivity contribution in [3.05, 3.63) is 16.1 Å². The highest BCUT2D eigenvalue weighted by molar-refractivity contribution is 7.12. The molecule has 2 nitrogen and oxygen atoms in total. The molecule has 1 saturated carbocycles. The van der Waals surface area contributed by atoms with Crippen molar-refractivity contribution in [1.82, 2.24) is 4.98 Å². The number of ketones is 1. The van der Waals surface area contributed by atoms with E-state index in [4.69, 9.17) is 0 Å². The van der Waals surface area contributed by atoms with Gasteiger partial charge in [-0.15, -0.1) is 11.3 Å². The normalized spacial score (nSPS) is 16.5. The Bertz CT molecular complexity index is 333. The van der Waals surface area contributed by atoms with E-state index in [0.717, 1.165) is 24.2 Å². The van der Waals surface area contributed by atoms with Crippen molar-refractivity contribution in [2.45, 2.75) is 25.2 Å². The minimum absolute atomic E-state index is 0.150. The van der Waals surface area contributed by atoms with E-state index in [1.807, 2.05) is 0 Å². The second kappa shape index (κ2) is 3.14. The molecule has 0 aromatic carbocycles. The molecule has 0 unspecified atom stereocenters. The average molecular weight is 203 g/mol. The summed E-state index contributed by atoms with van der Waals surface area (Å²) in [5.41, 5.74) is 2.04. The quantitative estimate of drug-likeness (QED) is 0.706. The Morgan fingerprint density at radius 3 is 2.85 bits per heavy atom. The Labute approximate surface area is 77.6 Å². The minimum Gasteiger partial charge on any atom is -0.287 e. The van der Waals surface area contributed by atoms with Crippen molar-refractivity contribution >= 4 is 17.1 Å². The summed E-state index contributed by atoms with van der Waals surface area (Å²) in [6.45, 7) is 0. The second-order valence-electron chi connectivity index (χ2n) is 3.01. The van der Waals surface area contributed by atoms with Gasteiger partial charge in [0.15, 0.2) is 0 Å². The van der Waals surface area contributed by atoms with Gasteiger partial charge in [-0.05, 0) is 12.8 Å². The van der Waals surface area contributed by atoms with Crippen LogP contribution in [0.3, 0.4) is 0 Å². The Hall–Kier alpha value is -0.840. The predicted molar refractivity (Wildman–Crippen MR) is 44.4 cm³/mol. The Balaban J connectivity index is 2.28. The van der Waals surface area contributed by atoms with Gasteiger partial charge in [-0.3, -0.25) is 4.79 Å². The van der Waals surface area contributed by atoms with Crippen LogP contribution in [-0.4, -0.2) is 17.2 Å². The lowest BCUT2D eigenvalue weighted by Gasteiger charge is -1.97. The van der Waals surface area contributed by atoms with Gasteiger partial charge in [-0.2, -0.15) is 0 Å². The first-order valence-corrected chi connectivity index (χ1v) is 4.84. The fraction of sp³-hybridized carbons (Fsp3) is 0.500. The molecule has 0 spiro atoms. The Kier molecular flexibility index (Phi) is 2.11. The number of carbonyl (C=O) groups excluding carboxylic acids is 1. The van der Waals surface area contributed by atoms with Gasteiger partial charge < -0.3 is 0 Å². The number of Topliss-reactive ketones (excluding diaryl/α,β-unsaturated/α-hetero) is 1. The molecule has 1 heterocycles. The first-order chi connectivity index (χ1) is 6.20. The van der Waals surface area contributed by atoms with Gasteiger partial charge in [-0.1, -0.05) is 0 Å². The molecule has 70 valence electrons. The molecule has 0 N–H and O–H groups in total. The second-order valence-corrected chi connectivity index (χ2v) is 3.86. The SMILES string of the molecule is O=C(c1scnc1C1CC1)C(F)F. The molecule has 13 heavy (non-hydrogen) atoms. The summed E-state index contributed by atoms with van der Waals surface area (Å²) in [5, 5.41) is 0. The van der Waals surface area contributed by atoms with Gasteiger partial charge in [0.25, 0.3) is 0 Å². The molecule has 0 aliphatic heterocycles. The highest BCUT2D eigenvalue weighted by Gasteiger charge is 2.32. The summed E-state index contributed by atoms with van der Waals surface area (Å²) in [5.74, 6) is -0.826. The molecular weight excluding hydrogens is 196 g/mol. The first kappa shape index (κ1) is 8.74. The van der Waals surface area contributed by atoms with Gasteiger partial charge in [0.1, 0.15) is 0 Å². The summed E-state index contributed by atoms with van der Waals surface area (Å²) in [7, 11) is 0. The van der Waals surface area contributed by atoms with Crippen molar-refractivity contribution < 1.29 is 13.6 Å². The molecule has 1 aromatic heterocycles. The van der Waals surface area contributed by atoms with Crippen LogP contribution >= 0.6 is 11.3 Å². The van der Waals surface area contributed by atoms with Gasteiger partial charge in [0, 0.05) is 5.92 Å². The summed E-state index contributed by atoms with van der Waals surface area (Å²) in [6, 6.07) is 0. The molecule has 1 aliphatic carbocycles. The van der Waals surface area contributed by atoms with Crippen LogP contribution in [-0.2, 0) is 0 Å². The number of aromatic nitrogens is 1. The van der Waals surface area contributed by atoms with E-state index in [9.17, 15) is 13.6 Å². The lowest BCUT2D eigenvalue weighted by atomic mass is 10.2. The maximum atomic E-state index is 12.1. The van der Waals surface area contributed by atoms with Crippen molar-refractivity contribution in [2.24, 2.45) is 0 Å². The molecule has 0 bridgehead atoms. The molecule has 5 heteroatoms. The predicted octanol–water partition coefficient (Wildman–Crippen LogP) is 2.47. The van der Waals surface area contributed by atoms with Crippen LogP contribution in [0, 0.1) is 0 Å². The Morgan fingerprint density at radius 1 is 1.62 bits per heavy atom. The zero-order valence-corrected chi connectivity index (χ0v) is 7.48. The lowest BCUT2D eigenvalue weighted by Crippen LogP contribution is -2.10. The van der Waals surface area contributed by atoms with E-state index in [1.165, 1.54) is 5.51 Å². The monoisotopic (exact) mass is 203 g/mol. The summed E-state index contributed by atoms with van der Waals surface area (Å²) < 4.78 is 24.2. The number of hydrogen-bond acceptors (Lipinski definition) is 3. The molecule has 1 aliphatic rings. The van der Waals surface area contributed by atoms with Gasteiger partial charge in [-0.25, -0.2) is 13.8 Å². The minimum atomic E-state index is -2.90. The zero-order chi connectivity index (χ0) is 9.42. The van der Waals surface area contributed by atoms with E-state index < -0.39 is 12.2 Å². The molecule has 2 rings (SSSR count). The fourth-order valence-corrected chi connectivity index (χ4v) is 2.00. The van der Waals surface area contributed by atoms with E-state index in [1.54, 1.807) is 0 Å². The van der Waals surface area contributed by atoms with Gasteiger partial charge in [0.2, 0.25) is 5.78 Å². The molecular formula is C8H7F2NOS. The molecule has 1 fully saturated rings. The summed E-state index contributed by atoms with van der Waals surface area (Å²) in [4.78, 5) is 15.1. The van der Waals surface area contributed by atoms with Crippen LogP contribution in [0.25, 0.3) is 0 Å².